The van der Waals surface area contributed by atoms with Crippen molar-refractivity contribution in [2.24, 2.45) is 5.92 Å². The molecule has 4 aromatic rings. The average Bonchev–Trinajstić information content (AvgIpc) is 3.37. The highest BCUT2D eigenvalue weighted by Crippen LogP contribution is 2.36. The molecule has 2 heterocycles. The Bertz CT molecular complexity index is 1430. The number of nitrogens with one attached hydrogen (secondary N) is 2. The maximum atomic E-state index is 12.9. The molecule has 0 radical (unpaired) electrons. The van der Waals surface area contributed by atoms with Crippen molar-refractivity contribution in [2.45, 2.75) is 44.4 Å². The Morgan fingerprint density at radius 2 is 1.77 bits per heavy atom. The summed E-state index contributed by atoms with van der Waals surface area (Å²) in [5.74, 6) is 3.28. The van der Waals surface area contributed by atoms with Crippen molar-refractivity contribution in [3.05, 3.63) is 70.9 Å². The maximum Gasteiger partial charge on any atom is 0.416 e. The molecule has 2 aromatic carbocycles. The van der Waals surface area contributed by atoms with Crippen LogP contribution >= 0.6 is 11.6 Å². The fraction of sp³-hybridized carbons (Fsp3) is 0.379. The Hall–Kier alpha value is -3.30. The summed E-state index contributed by atoms with van der Waals surface area (Å²) in [4.78, 5) is 11.5. The summed E-state index contributed by atoms with van der Waals surface area (Å²) in [5.41, 5.74) is 0.589. The van der Waals surface area contributed by atoms with Gasteiger partial charge in [-0.2, -0.15) is 18.2 Å². The van der Waals surface area contributed by atoms with Crippen molar-refractivity contribution in [2.75, 3.05) is 30.9 Å². The maximum absolute atomic E-state index is 12.9. The Morgan fingerprint density at radius 1 is 1.00 bits per heavy atom. The van der Waals surface area contributed by atoms with E-state index in [1.807, 2.05) is 49.3 Å². The van der Waals surface area contributed by atoms with E-state index < -0.39 is 11.7 Å². The molecule has 206 valence electrons. The molecule has 5 rings (SSSR count). The molecule has 39 heavy (non-hydrogen) atoms. The van der Waals surface area contributed by atoms with Crippen LogP contribution in [0, 0.1) is 5.92 Å². The summed E-state index contributed by atoms with van der Waals surface area (Å²) in [7, 11) is 3.98. The molecule has 1 aliphatic carbocycles. The lowest BCUT2D eigenvalue weighted by molar-refractivity contribution is -0.137. The van der Waals surface area contributed by atoms with Crippen LogP contribution in [-0.2, 0) is 12.7 Å². The molecule has 1 aliphatic rings. The van der Waals surface area contributed by atoms with E-state index in [4.69, 9.17) is 26.0 Å². The lowest BCUT2D eigenvalue weighted by atomic mass is 9.86. The van der Waals surface area contributed by atoms with Crippen LogP contribution in [0.5, 0.6) is 0 Å². The number of alkyl halides is 3. The van der Waals surface area contributed by atoms with E-state index in [0.717, 1.165) is 61.1 Å². The van der Waals surface area contributed by atoms with E-state index >= 15 is 0 Å². The number of anilines is 2. The van der Waals surface area contributed by atoms with Crippen LogP contribution in [-0.4, -0.2) is 36.6 Å². The second kappa shape index (κ2) is 11.4. The number of fused-ring (bicyclic) bond motifs is 1. The van der Waals surface area contributed by atoms with Crippen LogP contribution < -0.4 is 15.5 Å². The third-order valence-electron chi connectivity index (χ3n) is 7.14. The van der Waals surface area contributed by atoms with E-state index in [1.54, 1.807) is 6.07 Å². The smallest absolute Gasteiger partial charge is 0.416 e. The number of halogens is 4. The van der Waals surface area contributed by atoms with Crippen molar-refractivity contribution in [3.8, 4) is 11.3 Å². The number of para-hydroxylation sites is 1. The Labute approximate surface area is 230 Å². The van der Waals surface area contributed by atoms with Gasteiger partial charge in [0.1, 0.15) is 17.3 Å². The zero-order chi connectivity index (χ0) is 27.6. The molecule has 0 aliphatic heterocycles. The first-order valence-corrected chi connectivity index (χ1v) is 13.4. The van der Waals surface area contributed by atoms with Gasteiger partial charge >= 0.3 is 6.18 Å². The molecule has 0 amide bonds. The number of benzene rings is 2. The molecule has 2 N–H and O–H groups in total. The van der Waals surface area contributed by atoms with Crippen molar-refractivity contribution in [3.63, 3.8) is 0 Å². The van der Waals surface area contributed by atoms with Gasteiger partial charge in [0, 0.05) is 31.1 Å². The number of rotatable bonds is 8. The molecule has 0 spiro atoms. The summed E-state index contributed by atoms with van der Waals surface area (Å²) in [5, 5.41) is 8.05. The monoisotopic (exact) mass is 557 g/mol. The van der Waals surface area contributed by atoms with Gasteiger partial charge in [0.2, 0.25) is 5.95 Å². The highest BCUT2D eigenvalue weighted by Gasteiger charge is 2.31. The van der Waals surface area contributed by atoms with Crippen molar-refractivity contribution >= 4 is 34.3 Å². The van der Waals surface area contributed by atoms with Crippen LogP contribution in [0.15, 0.2) is 59.0 Å². The molecule has 0 saturated heterocycles. The zero-order valence-electron chi connectivity index (χ0n) is 21.9. The van der Waals surface area contributed by atoms with E-state index in [0.29, 0.717) is 41.5 Å². The molecule has 0 atom stereocenters. The second-order valence-electron chi connectivity index (χ2n) is 10.2. The van der Waals surface area contributed by atoms with Gasteiger partial charge in [0.25, 0.3) is 0 Å². The van der Waals surface area contributed by atoms with E-state index in [9.17, 15) is 13.2 Å². The third-order valence-corrected chi connectivity index (χ3v) is 7.46. The van der Waals surface area contributed by atoms with Crippen LogP contribution in [0.1, 0.15) is 37.0 Å². The lowest BCUT2D eigenvalue weighted by Gasteiger charge is -2.29. The largest absolute Gasteiger partial charge is 0.460 e. The minimum absolute atomic E-state index is 0.0103. The van der Waals surface area contributed by atoms with Gasteiger partial charge in [-0.25, -0.2) is 4.98 Å². The number of hydrogen-bond acceptors (Lipinski definition) is 6. The summed E-state index contributed by atoms with van der Waals surface area (Å²) in [6.45, 7) is 1.40. The zero-order valence-corrected chi connectivity index (χ0v) is 22.6. The highest BCUT2D eigenvalue weighted by atomic mass is 35.5. The quantitative estimate of drug-likeness (QED) is 0.235. The van der Waals surface area contributed by atoms with Gasteiger partial charge in [0.05, 0.1) is 22.6 Å². The Balaban J connectivity index is 1.10. The summed E-state index contributed by atoms with van der Waals surface area (Å²) in [6.07, 6.45) is -0.184. The summed E-state index contributed by atoms with van der Waals surface area (Å²) in [6, 6.07) is 15.2. The molecule has 1 saturated carbocycles. The molecule has 0 unspecified atom stereocenters. The minimum atomic E-state index is -4.44. The number of hydrogen-bond donors (Lipinski definition) is 2. The Morgan fingerprint density at radius 3 is 2.49 bits per heavy atom. The number of aromatic nitrogens is 2. The van der Waals surface area contributed by atoms with Gasteiger partial charge in [0.15, 0.2) is 0 Å². The average molecular weight is 558 g/mol. The topological polar surface area (TPSA) is 66.2 Å². The molecular formula is C29H31ClF3N5O. The number of nitrogens with zero attached hydrogens (tertiary/aromatic N) is 3. The van der Waals surface area contributed by atoms with Crippen LogP contribution in [0.2, 0.25) is 5.02 Å². The fourth-order valence-electron chi connectivity index (χ4n) is 5.07. The standard InChI is InChI=1S/C29H31ClF3N5O/c1-38(2)27-23-5-3-4-6-25(23)36-28(37-27)35-20-10-7-18(8-11-20)16-34-17-21-12-14-26(39-21)22-13-9-19(15-24(22)30)29(31,32)33/h3-6,9,12-15,18,20,34H,7-8,10-11,16-17H2,1-2H3,(H,35,36,37). The van der Waals surface area contributed by atoms with Gasteiger partial charge in [-0.3, -0.25) is 0 Å². The SMILES string of the molecule is CN(C)c1nc(NC2CCC(CNCc3ccc(-c4ccc(C(F)(F)F)cc4Cl)o3)CC2)nc2ccccc12. The van der Waals surface area contributed by atoms with Gasteiger partial charge < -0.3 is 20.0 Å². The lowest BCUT2D eigenvalue weighted by Crippen LogP contribution is -2.31. The summed E-state index contributed by atoms with van der Waals surface area (Å²) < 4.78 is 44.6. The molecule has 2 aromatic heterocycles. The minimum Gasteiger partial charge on any atom is -0.460 e. The van der Waals surface area contributed by atoms with Gasteiger partial charge in [-0.1, -0.05) is 23.7 Å². The molecule has 1 fully saturated rings. The Kier molecular flexibility index (Phi) is 8.00. The first kappa shape index (κ1) is 27.3. The molecular weight excluding hydrogens is 527 g/mol. The van der Waals surface area contributed by atoms with Crippen molar-refractivity contribution in [1.29, 1.82) is 0 Å². The van der Waals surface area contributed by atoms with Crippen LogP contribution in [0.25, 0.3) is 22.2 Å². The third kappa shape index (κ3) is 6.47. The normalized spacial score (nSPS) is 17.9. The summed E-state index contributed by atoms with van der Waals surface area (Å²) >= 11 is 6.10. The van der Waals surface area contributed by atoms with Gasteiger partial charge in [-0.15, -0.1) is 0 Å². The van der Waals surface area contributed by atoms with E-state index in [1.165, 1.54) is 6.07 Å². The van der Waals surface area contributed by atoms with Crippen molar-refractivity contribution < 1.29 is 17.6 Å². The van der Waals surface area contributed by atoms with E-state index in [-0.39, 0.29) is 5.02 Å². The first-order chi connectivity index (χ1) is 18.7. The van der Waals surface area contributed by atoms with Crippen molar-refractivity contribution in [1.82, 2.24) is 15.3 Å². The molecule has 6 nitrogen and oxygen atoms in total. The second-order valence-corrected chi connectivity index (χ2v) is 10.6. The van der Waals surface area contributed by atoms with Crippen LogP contribution in [0.4, 0.5) is 24.9 Å². The first-order valence-electron chi connectivity index (χ1n) is 13.0. The predicted octanol–water partition coefficient (Wildman–Crippen LogP) is 7.39. The molecule has 10 heteroatoms. The highest BCUT2D eigenvalue weighted by molar-refractivity contribution is 6.33. The molecule has 0 bridgehead atoms. The fourth-order valence-corrected chi connectivity index (χ4v) is 5.34. The van der Waals surface area contributed by atoms with E-state index in [2.05, 4.69) is 10.6 Å². The van der Waals surface area contributed by atoms with Gasteiger partial charge in [-0.05, 0) is 80.6 Å². The van der Waals surface area contributed by atoms with Crippen LogP contribution in [0.3, 0.4) is 0 Å². The predicted molar refractivity (Wildman–Crippen MR) is 149 cm³/mol. The number of furan rings is 1.